The molecule has 0 saturated heterocycles. The van der Waals surface area contributed by atoms with Crippen molar-refractivity contribution >= 4 is 0 Å². The molecule has 0 fully saturated rings. The van der Waals surface area contributed by atoms with Crippen LogP contribution in [-0.4, -0.2) is 43.2 Å². The van der Waals surface area contributed by atoms with Crippen molar-refractivity contribution < 1.29 is 14.6 Å². The molecule has 0 heterocycles. The average Bonchev–Trinajstić information content (AvgIpc) is 2.31. The van der Waals surface area contributed by atoms with Gasteiger partial charge in [-0.05, 0) is 33.1 Å². The minimum atomic E-state index is -0.438. The Morgan fingerprint density at radius 1 is 1.38 bits per heavy atom. The van der Waals surface area contributed by atoms with Crippen molar-refractivity contribution in [2.45, 2.75) is 51.7 Å². The van der Waals surface area contributed by atoms with E-state index < -0.39 is 5.54 Å². The van der Waals surface area contributed by atoms with Crippen LogP contribution in [0.4, 0.5) is 0 Å². The highest BCUT2D eigenvalue weighted by molar-refractivity contribution is 4.81. The van der Waals surface area contributed by atoms with Crippen molar-refractivity contribution in [3.63, 3.8) is 0 Å². The van der Waals surface area contributed by atoms with Crippen LogP contribution < -0.4 is 5.73 Å². The fourth-order valence-corrected chi connectivity index (χ4v) is 1.41. The molecule has 2 unspecified atom stereocenters. The standard InChI is InChI=1S/C12H27NO3/c1-4-12(13,10-14)7-6-8-16-11(3)9-15-5-2/h11,14H,4-10,13H2,1-3H3. The third-order valence-corrected chi connectivity index (χ3v) is 2.80. The van der Waals surface area contributed by atoms with E-state index in [0.29, 0.717) is 13.2 Å². The zero-order valence-corrected chi connectivity index (χ0v) is 10.9. The highest BCUT2D eigenvalue weighted by Gasteiger charge is 2.20. The molecule has 0 spiro atoms. The number of ether oxygens (including phenoxy) is 2. The molecular formula is C12H27NO3. The van der Waals surface area contributed by atoms with Crippen molar-refractivity contribution in [3.05, 3.63) is 0 Å². The number of aliphatic hydroxyl groups is 1. The molecule has 0 rings (SSSR count). The molecule has 98 valence electrons. The molecule has 3 N–H and O–H groups in total. The van der Waals surface area contributed by atoms with Crippen LogP contribution in [0, 0.1) is 0 Å². The molecule has 0 amide bonds. The second-order valence-electron chi connectivity index (χ2n) is 4.32. The first kappa shape index (κ1) is 15.8. The molecule has 0 radical (unpaired) electrons. The molecule has 2 atom stereocenters. The van der Waals surface area contributed by atoms with E-state index in [1.807, 2.05) is 20.8 Å². The van der Waals surface area contributed by atoms with E-state index in [0.717, 1.165) is 25.9 Å². The largest absolute Gasteiger partial charge is 0.394 e. The van der Waals surface area contributed by atoms with Crippen molar-refractivity contribution in [2.24, 2.45) is 5.73 Å². The molecule has 16 heavy (non-hydrogen) atoms. The van der Waals surface area contributed by atoms with E-state index in [1.54, 1.807) is 0 Å². The molecule has 0 aromatic heterocycles. The van der Waals surface area contributed by atoms with Crippen LogP contribution in [0.1, 0.15) is 40.0 Å². The van der Waals surface area contributed by atoms with Gasteiger partial charge in [0.15, 0.2) is 0 Å². The molecule has 0 saturated carbocycles. The van der Waals surface area contributed by atoms with Gasteiger partial charge < -0.3 is 20.3 Å². The van der Waals surface area contributed by atoms with Crippen molar-refractivity contribution in [2.75, 3.05) is 26.4 Å². The van der Waals surface area contributed by atoms with E-state index in [-0.39, 0.29) is 12.7 Å². The Labute approximate surface area is 99.1 Å². The minimum Gasteiger partial charge on any atom is -0.394 e. The van der Waals surface area contributed by atoms with Gasteiger partial charge >= 0.3 is 0 Å². The van der Waals surface area contributed by atoms with Crippen molar-refractivity contribution in [1.29, 1.82) is 0 Å². The first-order valence-corrected chi connectivity index (χ1v) is 6.17. The van der Waals surface area contributed by atoms with Crippen LogP contribution >= 0.6 is 0 Å². The molecule has 0 aromatic rings. The molecule has 0 aromatic carbocycles. The van der Waals surface area contributed by atoms with E-state index in [9.17, 15) is 0 Å². The van der Waals surface area contributed by atoms with Gasteiger partial charge in [-0.3, -0.25) is 0 Å². The summed E-state index contributed by atoms with van der Waals surface area (Å²) < 4.78 is 10.8. The summed E-state index contributed by atoms with van der Waals surface area (Å²) in [6, 6.07) is 0. The first-order chi connectivity index (χ1) is 7.58. The summed E-state index contributed by atoms with van der Waals surface area (Å²) >= 11 is 0. The maximum Gasteiger partial charge on any atom is 0.0780 e. The Kier molecular flexibility index (Phi) is 8.84. The topological polar surface area (TPSA) is 64.7 Å². The van der Waals surface area contributed by atoms with Gasteiger partial charge in [-0.25, -0.2) is 0 Å². The number of hydrogen-bond acceptors (Lipinski definition) is 4. The lowest BCUT2D eigenvalue weighted by molar-refractivity contribution is -0.00654. The maximum absolute atomic E-state index is 9.12. The maximum atomic E-state index is 9.12. The monoisotopic (exact) mass is 233 g/mol. The van der Waals surface area contributed by atoms with E-state index in [2.05, 4.69) is 0 Å². The van der Waals surface area contributed by atoms with Gasteiger partial charge in [0.1, 0.15) is 0 Å². The number of nitrogens with two attached hydrogens (primary N) is 1. The molecule has 0 aliphatic heterocycles. The Morgan fingerprint density at radius 3 is 2.56 bits per heavy atom. The van der Waals surface area contributed by atoms with Crippen molar-refractivity contribution in [1.82, 2.24) is 0 Å². The van der Waals surface area contributed by atoms with Crippen LogP contribution in [0.5, 0.6) is 0 Å². The fourth-order valence-electron chi connectivity index (χ4n) is 1.41. The van der Waals surface area contributed by atoms with Gasteiger partial charge in [0.05, 0.1) is 19.3 Å². The van der Waals surface area contributed by atoms with Gasteiger partial charge in [-0.2, -0.15) is 0 Å². The van der Waals surface area contributed by atoms with Crippen LogP contribution in [-0.2, 0) is 9.47 Å². The van der Waals surface area contributed by atoms with Gasteiger partial charge in [0.25, 0.3) is 0 Å². The second-order valence-corrected chi connectivity index (χ2v) is 4.32. The molecule has 0 aliphatic carbocycles. The summed E-state index contributed by atoms with van der Waals surface area (Å²) in [5, 5.41) is 9.12. The molecule has 4 nitrogen and oxygen atoms in total. The van der Waals surface area contributed by atoms with Gasteiger partial charge in [0, 0.05) is 18.8 Å². The summed E-state index contributed by atoms with van der Waals surface area (Å²) in [5.74, 6) is 0. The first-order valence-electron chi connectivity index (χ1n) is 6.17. The zero-order chi connectivity index (χ0) is 12.4. The molecule has 0 aliphatic rings. The lowest BCUT2D eigenvalue weighted by atomic mass is 9.93. The SMILES string of the molecule is CCOCC(C)OCCCC(N)(CC)CO. The van der Waals surface area contributed by atoms with Crippen LogP contribution in [0.3, 0.4) is 0 Å². The van der Waals surface area contributed by atoms with Crippen LogP contribution in [0.15, 0.2) is 0 Å². The molecule has 0 bridgehead atoms. The predicted molar refractivity (Wildman–Crippen MR) is 65.4 cm³/mol. The summed E-state index contributed by atoms with van der Waals surface area (Å²) in [7, 11) is 0. The smallest absolute Gasteiger partial charge is 0.0780 e. The molecule has 4 heteroatoms. The number of hydrogen-bond donors (Lipinski definition) is 2. The van der Waals surface area contributed by atoms with E-state index >= 15 is 0 Å². The lowest BCUT2D eigenvalue weighted by Crippen LogP contribution is -2.43. The van der Waals surface area contributed by atoms with Gasteiger partial charge in [-0.1, -0.05) is 6.92 Å². The number of aliphatic hydroxyl groups excluding tert-OH is 1. The summed E-state index contributed by atoms with van der Waals surface area (Å²) in [5.41, 5.74) is 5.53. The predicted octanol–water partition coefficient (Wildman–Crippen LogP) is 1.31. The minimum absolute atomic E-state index is 0.0397. The fraction of sp³-hybridized carbons (Fsp3) is 1.00. The van der Waals surface area contributed by atoms with Crippen LogP contribution in [0.2, 0.25) is 0 Å². The number of rotatable bonds is 10. The molecular weight excluding hydrogens is 206 g/mol. The van der Waals surface area contributed by atoms with Crippen LogP contribution in [0.25, 0.3) is 0 Å². The highest BCUT2D eigenvalue weighted by atomic mass is 16.5. The Bertz CT molecular complexity index is 160. The summed E-state index contributed by atoms with van der Waals surface area (Å²) in [6.07, 6.45) is 2.59. The Balaban J connectivity index is 3.51. The Morgan fingerprint density at radius 2 is 2.06 bits per heavy atom. The van der Waals surface area contributed by atoms with Gasteiger partial charge in [0.2, 0.25) is 0 Å². The normalized spacial score (nSPS) is 17.1. The summed E-state index contributed by atoms with van der Waals surface area (Å²) in [6.45, 7) is 8.03. The second kappa shape index (κ2) is 8.93. The average molecular weight is 233 g/mol. The van der Waals surface area contributed by atoms with Gasteiger partial charge in [-0.15, -0.1) is 0 Å². The summed E-state index contributed by atoms with van der Waals surface area (Å²) in [4.78, 5) is 0. The third kappa shape index (κ3) is 7.17. The third-order valence-electron chi connectivity index (χ3n) is 2.80. The van der Waals surface area contributed by atoms with Crippen molar-refractivity contribution in [3.8, 4) is 0 Å². The van der Waals surface area contributed by atoms with E-state index in [1.165, 1.54) is 0 Å². The highest BCUT2D eigenvalue weighted by Crippen LogP contribution is 2.13. The lowest BCUT2D eigenvalue weighted by Gasteiger charge is -2.25. The van der Waals surface area contributed by atoms with E-state index in [4.69, 9.17) is 20.3 Å². The quantitative estimate of drug-likeness (QED) is 0.558. The Hall–Kier alpha value is -0.160. The zero-order valence-electron chi connectivity index (χ0n) is 10.9.